The van der Waals surface area contributed by atoms with Crippen molar-refractivity contribution in [2.75, 3.05) is 6.54 Å². The number of hydrogen-bond acceptors (Lipinski definition) is 3. The fourth-order valence-electron chi connectivity index (χ4n) is 1.58. The highest BCUT2D eigenvalue weighted by Crippen LogP contribution is 2.22. The van der Waals surface area contributed by atoms with Crippen molar-refractivity contribution >= 4 is 17.8 Å². The molecule has 0 radical (unpaired) electrons. The van der Waals surface area contributed by atoms with E-state index < -0.39 is 0 Å². The highest BCUT2D eigenvalue weighted by Gasteiger charge is 2.24. The number of amidine groups is 1. The van der Waals surface area contributed by atoms with E-state index in [0.717, 1.165) is 11.7 Å². The molecule has 0 aliphatic carbocycles. The Morgan fingerprint density at radius 1 is 1.43 bits per heavy atom. The van der Waals surface area contributed by atoms with Gasteiger partial charge in [-0.05, 0) is 12.5 Å². The molecule has 0 amide bonds. The van der Waals surface area contributed by atoms with Crippen molar-refractivity contribution in [2.24, 2.45) is 5.10 Å². The SMILES string of the molecule is CCN1C(S)=NNC1c1ccccc1. The minimum atomic E-state index is 0.133. The summed E-state index contributed by atoms with van der Waals surface area (Å²) in [6.07, 6.45) is 0.133. The lowest BCUT2D eigenvalue weighted by molar-refractivity contribution is 0.324. The van der Waals surface area contributed by atoms with Crippen LogP contribution in [0.1, 0.15) is 18.7 Å². The van der Waals surface area contributed by atoms with Gasteiger partial charge in [-0.25, -0.2) is 0 Å². The Hall–Kier alpha value is -1.16. The molecule has 1 heterocycles. The van der Waals surface area contributed by atoms with E-state index in [9.17, 15) is 0 Å². The Kier molecular flexibility index (Phi) is 2.63. The molecule has 2 rings (SSSR count). The molecule has 0 fully saturated rings. The summed E-state index contributed by atoms with van der Waals surface area (Å²) in [6, 6.07) is 10.2. The molecule has 74 valence electrons. The van der Waals surface area contributed by atoms with Crippen molar-refractivity contribution in [3.05, 3.63) is 35.9 Å². The van der Waals surface area contributed by atoms with E-state index in [1.807, 2.05) is 18.2 Å². The van der Waals surface area contributed by atoms with Gasteiger partial charge in [-0.15, -0.1) is 12.6 Å². The second-order valence-electron chi connectivity index (χ2n) is 3.14. The molecule has 1 aromatic carbocycles. The quantitative estimate of drug-likeness (QED) is 0.724. The summed E-state index contributed by atoms with van der Waals surface area (Å²) < 4.78 is 0. The second-order valence-corrected chi connectivity index (χ2v) is 3.54. The minimum absolute atomic E-state index is 0.133. The van der Waals surface area contributed by atoms with Crippen LogP contribution in [0.4, 0.5) is 0 Å². The summed E-state index contributed by atoms with van der Waals surface area (Å²) in [5.41, 5.74) is 4.27. The molecule has 0 spiro atoms. The van der Waals surface area contributed by atoms with Crippen LogP contribution in [0.25, 0.3) is 0 Å². The van der Waals surface area contributed by atoms with Crippen LogP contribution in [0.5, 0.6) is 0 Å². The van der Waals surface area contributed by atoms with Gasteiger partial charge in [0.05, 0.1) is 0 Å². The molecule has 0 saturated carbocycles. The van der Waals surface area contributed by atoms with Crippen molar-refractivity contribution in [3.63, 3.8) is 0 Å². The summed E-state index contributed by atoms with van der Waals surface area (Å²) in [6.45, 7) is 2.99. The van der Waals surface area contributed by atoms with Crippen molar-refractivity contribution in [2.45, 2.75) is 13.1 Å². The predicted molar refractivity (Wildman–Crippen MR) is 61.1 cm³/mol. The third kappa shape index (κ3) is 1.57. The van der Waals surface area contributed by atoms with Gasteiger partial charge in [-0.1, -0.05) is 30.3 Å². The fraction of sp³-hybridized carbons (Fsp3) is 0.300. The van der Waals surface area contributed by atoms with Crippen LogP contribution in [0.2, 0.25) is 0 Å². The first kappa shape index (κ1) is 9.40. The number of nitrogens with zero attached hydrogens (tertiary/aromatic N) is 2. The van der Waals surface area contributed by atoms with E-state index in [-0.39, 0.29) is 6.17 Å². The molecule has 3 nitrogen and oxygen atoms in total. The van der Waals surface area contributed by atoms with E-state index in [2.05, 4.69) is 47.1 Å². The first-order chi connectivity index (χ1) is 6.83. The van der Waals surface area contributed by atoms with Gasteiger partial charge in [-0.2, -0.15) is 5.10 Å². The highest BCUT2D eigenvalue weighted by molar-refractivity contribution is 7.96. The van der Waals surface area contributed by atoms with Crippen LogP contribution in [-0.4, -0.2) is 16.6 Å². The third-order valence-electron chi connectivity index (χ3n) is 2.31. The average Bonchev–Trinajstić information content (AvgIpc) is 2.61. The zero-order chi connectivity index (χ0) is 9.97. The molecule has 1 N–H and O–H groups in total. The topological polar surface area (TPSA) is 27.6 Å². The Labute approximate surface area is 89.2 Å². The summed E-state index contributed by atoms with van der Waals surface area (Å²) in [5.74, 6) is 0. The fourth-order valence-corrected chi connectivity index (χ4v) is 1.90. The summed E-state index contributed by atoms with van der Waals surface area (Å²) in [7, 11) is 0. The molecule has 1 aliphatic rings. The van der Waals surface area contributed by atoms with Gasteiger partial charge in [0.1, 0.15) is 6.17 Å². The molecular formula is C10H13N3S. The maximum absolute atomic E-state index is 4.29. The first-order valence-electron chi connectivity index (χ1n) is 4.66. The lowest BCUT2D eigenvalue weighted by atomic mass is 10.1. The Bertz CT molecular complexity index is 336. The summed E-state index contributed by atoms with van der Waals surface area (Å²) >= 11 is 4.29. The van der Waals surface area contributed by atoms with Crippen molar-refractivity contribution in [1.29, 1.82) is 0 Å². The smallest absolute Gasteiger partial charge is 0.181 e. The largest absolute Gasteiger partial charge is 0.325 e. The van der Waals surface area contributed by atoms with Crippen LogP contribution in [0, 0.1) is 0 Å². The van der Waals surface area contributed by atoms with Crippen molar-refractivity contribution in [1.82, 2.24) is 10.3 Å². The van der Waals surface area contributed by atoms with E-state index in [1.165, 1.54) is 5.56 Å². The van der Waals surface area contributed by atoms with E-state index in [4.69, 9.17) is 0 Å². The van der Waals surface area contributed by atoms with Crippen molar-refractivity contribution < 1.29 is 0 Å². The van der Waals surface area contributed by atoms with Gasteiger partial charge in [-0.3, -0.25) is 5.43 Å². The predicted octanol–water partition coefficient (Wildman–Crippen LogP) is 1.81. The minimum Gasteiger partial charge on any atom is -0.325 e. The Balaban J connectivity index is 2.22. The van der Waals surface area contributed by atoms with Crippen LogP contribution in [0.15, 0.2) is 35.4 Å². The van der Waals surface area contributed by atoms with Crippen LogP contribution < -0.4 is 5.43 Å². The average molecular weight is 207 g/mol. The summed E-state index contributed by atoms with van der Waals surface area (Å²) in [5, 5.41) is 4.85. The molecule has 1 atom stereocenters. The molecule has 0 aromatic heterocycles. The molecule has 1 aliphatic heterocycles. The van der Waals surface area contributed by atoms with Gasteiger partial charge < -0.3 is 4.90 Å². The Morgan fingerprint density at radius 2 is 2.14 bits per heavy atom. The molecule has 4 heteroatoms. The van der Waals surface area contributed by atoms with Gasteiger partial charge in [0.15, 0.2) is 5.17 Å². The van der Waals surface area contributed by atoms with E-state index in [1.54, 1.807) is 0 Å². The van der Waals surface area contributed by atoms with Gasteiger partial charge in [0, 0.05) is 6.54 Å². The molecular weight excluding hydrogens is 194 g/mol. The van der Waals surface area contributed by atoms with Crippen LogP contribution in [-0.2, 0) is 0 Å². The van der Waals surface area contributed by atoms with E-state index in [0.29, 0.717) is 0 Å². The normalized spacial score (nSPS) is 20.6. The van der Waals surface area contributed by atoms with Gasteiger partial charge in [0.2, 0.25) is 0 Å². The Morgan fingerprint density at radius 3 is 2.79 bits per heavy atom. The third-order valence-corrected chi connectivity index (χ3v) is 2.67. The lowest BCUT2D eigenvalue weighted by Crippen LogP contribution is -2.31. The zero-order valence-corrected chi connectivity index (χ0v) is 8.91. The summed E-state index contributed by atoms with van der Waals surface area (Å²) in [4.78, 5) is 2.11. The number of benzene rings is 1. The molecule has 0 bridgehead atoms. The maximum atomic E-state index is 4.29. The number of hydrazone groups is 1. The monoisotopic (exact) mass is 207 g/mol. The molecule has 1 aromatic rings. The van der Waals surface area contributed by atoms with Crippen LogP contribution >= 0.6 is 12.6 Å². The number of hydrogen-bond donors (Lipinski definition) is 2. The first-order valence-corrected chi connectivity index (χ1v) is 5.11. The number of rotatable bonds is 2. The lowest BCUT2D eigenvalue weighted by Gasteiger charge is -2.24. The van der Waals surface area contributed by atoms with E-state index >= 15 is 0 Å². The molecule has 14 heavy (non-hydrogen) atoms. The van der Waals surface area contributed by atoms with Crippen molar-refractivity contribution in [3.8, 4) is 0 Å². The number of nitrogens with one attached hydrogen (secondary N) is 1. The maximum Gasteiger partial charge on any atom is 0.181 e. The zero-order valence-electron chi connectivity index (χ0n) is 8.01. The molecule has 1 unspecified atom stereocenters. The van der Waals surface area contributed by atoms with Gasteiger partial charge >= 0.3 is 0 Å². The standard InChI is InChI=1S/C10H13N3S/c1-2-13-9(11-12-10(13)14)8-6-4-3-5-7-8/h3-7,9,11H,2H2,1H3,(H,12,14). The number of thiol groups is 1. The van der Waals surface area contributed by atoms with Gasteiger partial charge in [0.25, 0.3) is 0 Å². The van der Waals surface area contributed by atoms with Crippen LogP contribution in [0.3, 0.4) is 0 Å². The second kappa shape index (κ2) is 3.92. The highest BCUT2D eigenvalue weighted by atomic mass is 32.1. The molecule has 0 saturated heterocycles.